The predicted octanol–water partition coefficient (Wildman–Crippen LogP) is 1.32. The van der Waals surface area contributed by atoms with Crippen LogP contribution in [-0.4, -0.2) is 21.0 Å². The predicted molar refractivity (Wildman–Crippen MR) is 74.7 cm³/mol. The lowest BCUT2D eigenvalue weighted by Crippen LogP contribution is -2.13. The molecule has 2 rings (SSSR count). The summed E-state index contributed by atoms with van der Waals surface area (Å²) in [5, 5.41) is 11.9. The number of rotatable bonds is 5. The van der Waals surface area contributed by atoms with Gasteiger partial charge in [0.05, 0.1) is 6.42 Å². The molecule has 0 aliphatic heterocycles. The molecule has 0 aliphatic rings. The van der Waals surface area contributed by atoms with Gasteiger partial charge in [-0.3, -0.25) is 9.59 Å². The minimum atomic E-state index is -0.873. The van der Waals surface area contributed by atoms with E-state index in [2.05, 4.69) is 15.3 Å². The fraction of sp³-hybridized carbons (Fsp3) is 0.214. The Kier molecular flexibility index (Phi) is 4.14. The topological polar surface area (TPSA) is 95.1 Å². The van der Waals surface area contributed by atoms with Gasteiger partial charge in [0.2, 0.25) is 0 Å². The molecule has 0 fully saturated rings. The fourth-order valence-corrected chi connectivity index (χ4v) is 1.92. The third-order valence-electron chi connectivity index (χ3n) is 2.78. The van der Waals surface area contributed by atoms with Gasteiger partial charge >= 0.3 is 5.97 Å². The van der Waals surface area contributed by atoms with Gasteiger partial charge in [0.25, 0.3) is 5.56 Å². The first-order valence-corrected chi connectivity index (χ1v) is 6.15. The summed E-state index contributed by atoms with van der Waals surface area (Å²) in [6, 6.07) is 8.65. The molecule has 1 heterocycles. The molecule has 3 N–H and O–H groups in total. The molecule has 104 valence electrons. The summed E-state index contributed by atoms with van der Waals surface area (Å²) in [7, 11) is 0. The standard InChI is InChI=1S/C14H15N3O3/c1-9-16-12(7-13(18)17-9)15-8-11-5-3-2-4-10(11)6-14(19)20/h2-5,7H,6,8H2,1H3,(H,19,20)(H2,15,16,17,18). The average Bonchev–Trinajstić information content (AvgIpc) is 2.36. The number of benzene rings is 1. The highest BCUT2D eigenvalue weighted by molar-refractivity contribution is 5.70. The van der Waals surface area contributed by atoms with Crippen LogP contribution in [0.5, 0.6) is 0 Å². The van der Waals surface area contributed by atoms with E-state index in [1.807, 2.05) is 12.1 Å². The van der Waals surface area contributed by atoms with Crippen LogP contribution >= 0.6 is 0 Å². The number of aliphatic carboxylic acids is 1. The van der Waals surface area contributed by atoms with Crippen LogP contribution in [0.1, 0.15) is 17.0 Å². The van der Waals surface area contributed by atoms with Crippen molar-refractivity contribution in [3.05, 3.63) is 57.6 Å². The second-order valence-electron chi connectivity index (χ2n) is 4.41. The Bertz CT molecular complexity index is 679. The van der Waals surface area contributed by atoms with E-state index in [0.717, 1.165) is 11.1 Å². The fourth-order valence-electron chi connectivity index (χ4n) is 1.92. The number of H-pyrrole nitrogens is 1. The van der Waals surface area contributed by atoms with E-state index in [1.165, 1.54) is 6.07 Å². The van der Waals surface area contributed by atoms with Gasteiger partial charge in [0.1, 0.15) is 11.6 Å². The van der Waals surface area contributed by atoms with E-state index in [4.69, 9.17) is 5.11 Å². The molecule has 1 aromatic heterocycles. The molecule has 0 spiro atoms. The van der Waals surface area contributed by atoms with Gasteiger partial charge < -0.3 is 15.4 Å². The van der Waals surface area contributed by atoms with Crippen LogP contribution < -0.4 is 10.9 Å². The van der Waals surface area contributed by atoms with E-state index < -0.39 is 5.97 Å². The van der Waals surface area contributed by atoms with Crippen LogP contribution in [0.3, 0.4) is 0 Å². The van der Waals surface area contributed by atoms with Gasteiger partial charge in [-0.15, -0.1) is 0 Å². The Morgan fingerprint density at radius 3 is 2.70 bits per heavy atom. The zero-order chi connectivity index (χ0) is 14.5. The Balaban J connectivity index is 2.14. The molecule has 0 amide bonds. The normalized spacial score (nSPS) is 10.2. The molecule has 0 atom stereocenters. The van der Waals surface area contributed by atoms with Gasteiger partial charge in [-0.1, -0.05) is 24.3 Å². The summed E-state index contributed by atoms with van der Waals surface area (Å²) >= 11 is 0. The molecular weight excluding hydrogens is 258 g/mol. The Morgan fingerprint density at radius 2 is 2.05 bits per heavy atom. The summed E-state index contributed by atoms with van der Waals surface area (Å²) in [4.78, 5) is 28.8. The molecule has 0 unspecified atom stereocenters. The van der Waals surface area contributed by atoms with Crippen molar-refractivity contribution < 1.29 is 9.90 Å². The van der Waals surface area contributed by atoms with Crippen molar-refractivity contribution >= 4 is 11.8 Å². The number of hydrogen-bond donors (Lipinski definition) is 3. The SMILES string of the molecule is Cc1nc(NCc2ccccc2CC(=O)O)cc(=O)[nH]1. The van der Waals surface area contributed by atoms with E-state index in [0.29, 0.717) is 18.2 Å². The summed E-state index contributed by atoms with van der Waals surface area (Å²) in [6.07, 6.45) is -0.0281. The smallest absolute Gasteiger partial charge is 0.307 e. The average molecular weight is 273 g/mol. The van der Waals surface area contributed by atoms with Crippen LogP contribution in [0.2, 0.25) is 0 Å². The maximum atomic E-state index is 11.3. The molecule has 2 aromatic rings. The van der Waals surface area contributed by atoms with Crippen molar-refractivity contribution in [2.24, 2.45) is 0 Å². The first-order valence-electron chi connectivity index (χ1n) is 6.15. The van der Waals surface area contributed by atoms with Crippen molar-refractivity contribution in [3.63, 3.8) is 0 Å². The molecule has 6 heteroatoms. The number of aromatic nitrogens is 2. The number of hydrogen-bond acceptors (Lipinski definition) is 4. The minimum Gasteiger partial charge on any atom is -0.481 e. The second-order valence-corrected chi connectivity index (χ2v) is 4.41. The maximum Gasteiger partial charge on any atom is 0.307 e. The van der Waals surface area contributed by atoms with Gasteiger partial charge in [-0.05, 0) is 18.1 Å². The van der Waals surface area contributed by atoms with Crippen molar-refractivity contribution in [2.75, 3.05) is 5.32 Å². The van der Waals surface area contributed by atoms with Crippen molar-refractivity contribution in [1.29, 1.82) is 0 Å². The van der Waals surface area contributed by atoms with Crippen molar-refractivity contribution in [1.82, 2.24) is 9.97 Å². The van der Waals surface area contributed by atoms with E-state index in [1.54, 1.807) is 19.1 Å². The zero-order valence-corrected chi connectivity index (χ0v) is 11.0. The third-order valence-corrected chi connectivity index (χ3v) is 2.78. The molecule has 20 heavy (non-hydrogen) atoms. The number of aromatic amines is 1. The molecule has 0 saturated carbocycles. The minimum absolute atomic E-state index is 0.0281. The lowest BCUT2D eigenvalue weighted by molar-refractivity contribution is -0.136. The molecule has 0 bridgehead atoms. The number of carboxylic acids is 1. The maximum absolute atomic E-state index is 11.3. The molecule has 0 radical (unpaired) electrons. The molecule has 0 aliphatic carbocycles. The molecule has 6 nitrogen and oxygen atoms in total. The van der Waals surface area contributed by atoms with Gasteiger partial charge in [0, 0.05) is 12.6 Å². The van der Waals surface area contributed by atoms with Crippen molar-refractivity contribution in [2.45, 2.75) is 19.9 Å². The first-order chi connectivity index (χ1) is 9.54. The number of aryl methyl sites for hydroxylation is 1. The quantitative estimate of drug-likeness (QED) is 0.763. The monoisotopic (exact) mass is 273 g/mol. The van der Waals surface area contributed by atoms with E-state index >= 15 is 0 Å². The van der Waals surface area contributed by atoms with Crippen LogP contribution in [0.15, 0.2) is 35.1 Å². The number of anilines is 1. The van der Waals surface area contributed by atoms with Gasteiger partial charge in [0.15, 0.2) is 0 Å². The van der Waals surface area contributed by atoms with Crippen LogP contribution in [-0.2, 0) is 17.8 Å². The lowest BCUT2D eigenvalue weighted by Gasteiger charge is -2.09. The largest absolute Gasteiger partial charge is 0.481 e. The number of nitrogens with zero attached hydrogens (tertiary/aromatic N) is 1. The number of carbonyl (C=O) groups is 1. The van der Waals surface area contributed by atoms with Crippen LogP contribution in [0, 0.1) is 6.92 Å². The summed E-state index contributed by atoms with van der Waals surface area (Å²) in [5.74, 6) is 0.123. The lowest BCUT2D eigenvalue weighted by atomic mass is 10.0. The third kappa shape index (κ3) is 3.68. The van der Waals surface area contributed by atoms with Crippen LogP contribution in [0.25, 0.3) is 0 Å². The molecule has 1 aromatic carbocycles. The van der Waals surface area contributed by atoms with E-state index in [9.17, 15) is 9.59 Å². The summed E-state index contributed by atoms with van der Waals surface area (Å²) < 4.78 is 0. The molecule has 0 saturated heterocycles. The highest BCUT2D eigenvalue weighted by atomic mass is 16.4. The summed E-state index contributed by atoms with van der Waals surface area (Å²) in [6.45, 7) is 2.12. The Hall–Kier alpha value is -2.63. The second kappa shape index (κ2) is 6.01. The van der Waals surface area contributed by atoms with Crippen LogP contribution in [0.4, 0.5) is 5.82 Å². The Morgan fingerprint density at radius 1 is 1.35 bits per heavy atom. The summed E-state index contributed by atoms with van der Waals surface area (Å²) in [5.41, 5.74) is 1.39. The van der Waals surface area contributed by atoms with Gasteiger partial charge in [-0.25, -0.2) is 4.98 Å². The van der Waals surface area contributed by atoms with Gasteiger partial charge in [-0.2, -0.15) is 0 Å². The molecular formula is C14H15N3O3. The number of nitrogens with one attached hydrogen (secondary N) is 2. The van der Waals surface area contributed by atoms with E-state index in [-0.39, 0.29) is 12.0 Å². The first kappa shape index (κ1) is 13.8. The highest BCUT2D eigenvalue weighted by Gasteiger charge is 2.06. The Labute approximate surface area is 115 Å². The van der Waals surface area contributed by atoms with Crippen molar-refractivity contribution in [3.8, 4) is 0 Å². The number of carboxylic acid groups (broad SMARTS) is 1. The highest BCUT2D eigenvalue weighted by Crippen LogP contribution is 2.11. The zero-order valence-electron chi connectivity index (χ0n) is 11.0.